The van der Waals surface area contributed by atoms with E-state index in [9.17, 15) is 0 Å². The Morgan fingerprint density at radius 1 is 1.20 bits per heavy atom. The van der Waals surface area contributed by atoms with E-state index in [0.29, 0.717) is 11.8 Å². The van der Waals surface area contributed by atoms with E-state index in [4.69, 9.17) is 27.6 Å². The molecule has 0 aliphatic carbocycles. The Bertz CT molecular complexity index is 88.2. The summed E-state index contributed by atoms with van der Waals surface area (Å²) in [6.45, 7) is 6.37. The van der Waals surface area contributed by atoms with Crippen LogP contribution >= 0.6 is 23.2 Å². The predicted octanol–water partition coefficient (Wildman–Crippen LogP) is 2.68. The zero-order valence-electron chi connectivity index (χ0n) is 6.66. The summed E-state index contributed by atoms with van der Waals surface area (Å²) in [6.07, 6.45) is 0.0370. The molecule has 0 aromatic rings. The van der Waals surface area contributed by atoms with Crippen LogP contribution in [0.25, 0.3) is 0 Å². The normalized spacial score (nSPS) is 12.6. The van der Waals surface area contributed by atoms with Crippen molar-refractivity contribution in [1.82, 2.24) is 0 Å². The van der Waals surface area contributed by atoms with Crippen LogP contribution < -0.4 is 0 Å². The highest BCUT2D eigenvalue weighted by Crippen LogP contribution is 2.09. The first-order chi connectivity index (χ1) is 4.49. The van der Waals surface area contributed by atoms with Crippen LogP contribution in [0.3, 0.4) is 0 Å². The molecule has 0 bridgehead atoms. The molecule has 1 nitrogen and oxygen atoms in total. The first-order valence-electron chi connectivity index (χ1n) is 3.29. The maximum absolute atomic E-state index is 5.61. The summed E-state index contributed by atoms with van der Waals surface area (Å²) in [5.41, 5.74) is 0. The van der Waals surface area contributed by atoms with Gasteiger partial charge in [0.25, 0.3) is 0 Å². The van der Waals surface area contributed by atoms with Crippen molar-refractivity contribution in [3.63, 3.8) is 0 Å². The first-order valence-corrected chi connectivity index (χ1v) is 7.77. The topological polar surface area (TPSA) is 9.23 Å². The summed E-state index contributed by atoms with van der Waals surface area (Å²) in [6, 6.07) is 0. The van der Waals surface area contributed by atoms with Gasteiger partial charge in [-0.05, 0) is 19.6 Å². The largest absolute Gasteiger partial charge is 0.412 e. The molecule has 0 rings (SSSR count). The molecule has 0 N–H and O–H groups in total. The summed E-state index contributed by atoms with van der Waals surface area (Å²) < 4.78 is 5.61. The molecular weight excluding hydrogens is 187 g/mol. The second-order valence-corrected chi connectivity index (χ2v) is 8.24. The average molecular weight is 201 g/mol. The van der Waals surface area contributed by atoms with Crippen LogP contribution in [0.4, 0.5) is 0 Å². The molecule has 0 aromatic carbocycles. The molecule has 4 heteroatoms. The molecule has 0 heterocycles. The fourth-order valence-corrected chi connectivity index (χ4v) is 2.44. The summed E-state index contributed by atoms with van der Waals surface area (Å²) in [4.78, 5) is 0. The van der Waals surface area contributed by atoms with Gasteiger partial charge in [0.2, 0.25) is 0 Å². The van der Waals surface area contributed by atoms with Gasteiger partial charge < -0.3 is 4.43 Å². The van der Waals surface area contributed by atoms with Crippen LogP contribution in [0.5, 0.6) is 0 Å². The lowest BCUT2D eigenvalue weighted by Crippen LogP contribution is -2.33. The Labute approximate surface area is 73.8 Å². The van der Waals surface area contributed by atoms with E-state index < -0.39 is 8.32 Å². The number of hydrogen-bond acceptors (Lipinski definition) is 1. The lowest BCUT2D eigenvalue weighted by atomic mass is 10.5. The number of halogens is 2. The standard InChI is InChI=1S/C6H14Cl2OSi/c1-10(2,3)9-6(4-7)5-8/h6H,4-5H2,1-3H3. The van der Waals surface area contributed by atoms with Gasteiger partial charge >= 0.3 is 0 Å². The second kappa shape index (κ2) is 4.60. The molecule has 0 aromatic heterocycles. The molecule has 62 valence electrons. The van der Waals surface area contributed by atoms with Gasteiger partial charge in [0.05, 0.1) is 6.10 Å². The van der Waals surface area contributed by atoms with E-state index in [1.807, 2.05) is 0 Å². The fourth-order valence-electron chi connectivity index (χ4n) is 0.604. The van der Waals surface area contributed by atoms with Crippen molar-refractivity contribution in [2.75, 3.05) is 11.8 Å². The molecule has 0 aliphatic heterocycles. The van der Waals surface area contributed by atoms with Gasteiger partial charge in [0.1, 0.15) is 0 Å². The van der Waals surface area contributed by atoms with Gasteiger partial charge in [-0.3, -0.25) is 0 Å². The highest BCUT2D eigenvalue weighted by atomic mass is 35.5. The van der Waals surface area contributed by atoms with Crippen LogP contribution in [0.15, 0.2) is 0 Å². The number of rotatable bonds is 4. The van der Waals surface area contributed by atoms with Crippen molar-refractivity contribution in [2.24, 2.45) is 0 Å². The molecule has 0 aliphatic rings. The maximum atomic E-state index is 5.61. The van der Waals surface area contributed by atoms with Gasteiger partial charge in [-0.25, -0.2) is 0 Å². The molecule has 0 unspecified atom stereocenters. The average Bonchev–Trinajstić information content (AvgIpc) is 1.81. The van der Waals surface area contributed by atoms with Gasteiger partial charge in [-0.1, -0.05) is 0 Å². The van der Waals surface area contributed by atoms with Gasteiger partial charge in [0.15, 0.2) is 8.32 Å². The molecule has 0 saturated heterocycles. The first kappa shape index (κ1) is 10.8. The zero-order valence-corrected chi connectivity index (χ0v) is 9.17. The summed E-state index contributed by atoms with van der Waals surface area (Å²) in [7, 11) is -1.43. The minimum absolute atomic E-state index is 0.0370. The Morgan fingerprint density at radius 3 is 1.70 bits per heavy atom. The van der Waals surface area contributed by atoms with E-state index in [-0.39, 0.29) is 6.10 Å². The molecule has 0 spiro atoms. The minimum Gasteiger partial charge on any atom is -0.412 e. The van der Waals surface area contributed by atoms with E-state index in [1.54, 1.807) is 0 Å². The Balaban J connectivity index is 3.63. The van der Waals surface area contributed by atoms with Crippen LogP contribution in [0.1, 0.15) is 0 Å². The monoisotopic (exact) mass is 200 g/mol. The van der Waals surface area contributed by atoms with Gasteiger partial charge in [0, 0.05) is 11.8 Å². The third-order valence-electron chi connectivity index (χ3n) is 0.864. The van der Waals surface area contributed by atoms with E-state index in [2.05, 4.69) is 19.6 Å². The lowest BCUT2D eigenvalue weighted by molar-refractivity contribution is 0.241. The van der Waals surface area contributed by atoms with Crippen LogP contribution in [-0.2, 0) is 4.43 Å². The highest BCUT2D eigenvalue weighted by molar-refractivity contribution is 6.69. The SMILES string of the molecule is C[Si](C)(C)OC(CCl)CCl. The van der Waals surface area contributed by atoms with Gasteiger partial charge in [-0.2, -0.15) is 0 Å². The molecule has 0 amide bonds. The fraction of sp³-hybridized carbons (Fsp3) is 1.00. The number of hydrogen-bond donors (Lipinski definition) is 0. The second-order valence-electron chi connectivity index (χ2n) is 3.16. The predicted molar refractivity (Wildman–Crippen MR) is 49.7 cm³/mol. The molecule has 0 atom stereocenters. The van der Waals surface area contributed by atoms with E-state index >= 15 is 0 Å². The Kier molecular flexibility index (Phi) is 4.95. The lowest BCUT2D eigenvalue weighted by Gasteiger charge is -2.22. The highest BCUT2D eigenvalue weighted by Gasteiger charge is 2.19. The summed E-state index contributed by atoms with van der Waals surface area (Å²) in [5, 5.41) is 0. The van der Waals surface area contributed by atoms with Crippen molar-refractivity contribution in [1.29, 1.82) is 0 Å². The van der Waals surface area contributed by atoms with Crippen molar-refractivity contribution in [3.8, 4) is 0 Å². The molecule has 0 saturated carbocycles. The molecular formula is C6H14Cl2OSi. The van der Waals surface area contributed by atoms with Crippen molar-refractivity contribution >= 4 is 31.5 Å². The molecule has 0 fully saturated rings. The zero-order chi connectivity index (χ0) is 8.20. The summed E-state index contributed by atoms with van der Waals surface area (Å²) >= 11 is 11.2. The van der Waals surface area contributed by atoms with Crippen molar-refractivity contribution in [3.05, 3.63) is 0 Å². The molecule has 10 heavy (non-hydrogen) atoms. The van der Waals surface area contributed by atoms with Crippen molar-refractivity contribution < 1.29 is 4.43 Å². The van der Waals surface area contributed by atoms with E-state index in [0.717, 1.165) is 0 Å². The Morgan fingerprint density at radius 2 is 1.60 bits per heavy atom. The minimum atomic E-state index is -1.43. The van der Waals surface area contributed by atoms with Crippen LogP contribution in [0, 0.1) is 0 Å². The maximum Gasteiger partial charge on any atom is 0.184 e. The van der Waals surface area contributed by atoms with Crippen LogP contribution in [-0.4, -0.2) is 26.2 Å². The smallest absolute Gasteiger partial charge is 0.184 e. The van der Waals surface area contributed by atoms with Crippen molar-refractivity contribution in [2.45, 2.75) is 25.7 Å². The van der Waals surface area contributed by atoms with Gasteiger partial charge in [-0.15, -0.1) is 23.2 Å². The summed E-state index contributed by atoms with van der Waals surface area (Å²) in [5.74, 6) is 0.988. The third kappa shape index (κ3) is 5.53. The quantitative estimate of drug-likeness (QED) is 0.502. The molecule has 0 radical (unpaired) electrons. The third-order valence-corrected chi connectivity index (χ3v) is 2.59. The number of alkyl halides is 2. The van der Waals surface area contributed by atoms with E-state index in [1.165, 1.54) is 0 Å². The Hall–Kier alpha value is 0.757. The van der Waals surface area contributed by atoms with Crippen LogP contribution in [0.2, 0.25) is 19.6 Å².